The summed E-state index contributed by atoms with van der Waals surface area (Å²) in [5.74, 6) is -0.120. The predicted molar refractivity (Wildman–Crippen MR) is 69.1 cm³/mol. The molecule has 0 aliphatic rings. The number of nitrogens with zero attached hydrogens (tertiary/aromatic N) is 3. The lowest BCUT2D eigenvalue weighted by molar-refractivity contribution is 0.0992. The summed E-state index contributed by atoms with van der Waals surface area (Å²) in [7, 11) is 1.72. The Labute approximate surface area is 105 Å². The van der Waals surface area contributed by atoms with Gasteiger partial charge in [-0.15, -0.1) is 0 Å². The predicted octanol–water partition coefficient (Wildman–Crippen LogP) is 1.21. The Morgan fingerprint density at radius 2 is 1.94 bits per heavy atom. The Bertz CT molecular complexity index is 524. The van der Waals surface area contributed by atoms with Crippen molar-refractivity contribution in [1.29, 1.82) is 0 Å². The highest BCUT2D eigenvalue weighted by Crippen LogP contribution is 2.15. The van der Waals surface area contributed by atoms with E-state index in [0.717, 1.165) is 11.3 Å². The lowest BCUT2D eigenvalue weighted by atomic mass is 10.2. The number of hydrogen-bond acceptors (Lipinski definition) is 4. The summed E-state index contributed by atoms with van der Waals surface area (Å²) in [5.41, 5.74) is 7.89. The van der Waals surface area contributed by atoms with E-state index in [-0.39, 0.29) is 5.91 Å². The average molecular weight is 242 g/mol. The van der Waals surface area contributed by atoms with Crippen LogP contribution in [-0.4, -0.2) is 23.2 Å². The second-order valence-corrected chi connectivity index (χ2v) is 3.87. The van der Waals surface area contributed by atoms with Crippen molar-refractivity contribution in [3.63, 3.8) is 0 Å². The summed E-state index contributed by atoms with van der Waals surface area (Å²) in [5, 5.41) is 7.34. The summed E-state index contributed by atoms with van der Waals surface area (Å²) >= 11 is 0. The van der Waals surface area contributed by atoms with E-state index in [0.29, 0.717) is 12.1 Å². The van der Waals surface area contributed by atoms with Crippen LogP contribution in [0.25, 0.3) is 0 Å². The van der Waals surface area contributed by atoms with Gasteiger partial charge in [-0.25, -0.2) is 0 Å². The fourth-order valence-corrected chi connectivity index (χ4v) is 1.58. The summed E-state index contributed by atoms with van der Waals surface area (Å²) < 4.78 is 0. The highest BCUT2D eigenvalue weighted by Gasteiger charge is 2.13. The van der Waals surface area contributed by atoms with E-state index < -0.39 is 0 Å². The molecule has 0 radical (unpaired) electrons. The minimum absolute atomic E-state index is 0.120. The van der Waals surface area contributed by atoms with Gasteiger partial charge < -0.3 is 10.6 Å². The number of rotatable bonds is 3. The largest absolute Gasteiger partial charge is 0.326 e. The molecule has 0 bridgehead atoms. The van der Waals surface area contributed by atoms with Crippen LogP contribution in [0.15, 0.2) is 42.7 Å². The smallest absolute Gasteiger partial charge is 0.259 e. The second-order valence-electron chi connectivity index (χ2n) is 3.87. The minimum atomic E-state index is -0.120. The molecule has 0 atom stereocenters. The zero-order valence-electron chi connectivity index (χ0n) is 10.1. The van der Waals surface area contributed by atoms with Crippen molar-refractivity contribution in [2.45, 2.75) is 6.54 Å². The molecule has 0 spiro atoms. The molecular weight excluding hydrogens is 228 g/mol. The van der Waals surface area contributed by atoms with Crippen molar-refractivity contribution in [3.05, 3.63) is 53.9 Å². The van der Waals surface area contributed by atoms with Gasteiger partial charge in [0.2, 0.25) is 0 Å². The highest BCUT2D eigenvalue weighted by atomic mass is 16.2. The van der Waals surface area contributed by atoms with Gasteiger partial charge in [0, 0.05) is 19.3 Å². The van der Waals surface area contributed by atoms with Crippen LogP contribution in [0.2, 0.25) is 0 Å². The highest BCUT2D eigenvalue weighted by molar-refractivity contribution is 6.05. The van der Waals surface area contributed by atoms with Crippen molar-refractivity contribution < 1.29 is 4.79 Å². The molecule has 0 saturated carbocycles. The van der Waals surface area contributed by atoms with E-state index in [1.807, 2.05) is 24.3 Å². The molecule has 2 aromatic rings. The van der Waals surface area contributed by atoms with Gasteiger partial charge in [0.1, 0.15) is 0 Å². The molecule has 5 nitrogen and oxygen atoms in total. The third-order valence-corrected chi connectivity index (χ3v) is 2.70. The number of benzene rings is 1. The molecular formula is C13H14N4O. The standard InChI is InChI=1S/C13H14N4O/c1-17(12-4-2-10(8-14)3-5-12)13(18)11-6-7-15-16-9-11/h2-7,9H,8,14H2,1H3. The van der Waals surface area contributed by atoms with Gasteiger partial charge in [0.15, 0.2) is 0 Å². The van der Waals surface area contributed by atoms with Crippen molar-refractivity contribution >= 4 is 11.6 Å². The SMILES string of the molecule is CN(C(=O)c1ccnnc1)c1ccc(CN)cc1. The first-order chi connectivity index (χ1) is 8.72. The maximum atomic E-state index is 12.1. The normalized spacial score (nSPS) is 10.1. The molecule has 18 heavy (non-hydrogen) atoms. The zero-order valence-corrected chi connectivity index (χ0v) is 10.1. The molecule has 0 fully saturated rings. The Morgan fingerprint density at radius 3 is 2.50 bits per heavy atom. The van der Waals surface area contributed by atoms with Crippen LogP contribution in [0.1, 0.15) is 15.9 Å². The zero-order chi connectivity index (χ0) is 13.0. The molecule has 1 aromatic heterocycles. The van der Waals surface area contributed by atoms with Crippen LogP contribution in [0.4, 0.5) is 5.69 Å². The Hall–Kier alpha value is -2.27. The van der Waals surface area contributed by atoms with Crippen molar-refractivity contribution in [2.75, 3.05) is 11.9 Å². The van der Waals surface area contributed by atoms with Crippen molar-refractivity contribution in [3.8, 4) is 0 Å². The van der Waals surface area contributed by atoms with E-state index >= 15 is 0 Å². The van der Waals surface area contributed by atoms with Gasteiger partial charge in [0.05, 0.1) is 18.0 Å². The molecule has 0 aliphatic carbocycles. The molecule has 1 heterocycles. The quantitative estimate of drug-likeness (QED) is 0.878. The van der Waals surface area contributed by atoms with Crippen LogP contribution < -0.4 is 10.6 Å². The topological polar surface area (TPSA) is 72.1 Å². The third-order valence-electron chi connectivity index (χ3n) is 2.70. The van der Waals surface area contributed by atoms with Crippen LogP contribution in [0.5, 0.6) is 0 Å². The van der Waals surface area contributed by atoms with Gasteiger partial charge in [-0.1, -0.05) is 12.1 Å². The number of aromatic nitrogens is 2. The maximum absolute atomic E-state index is 12.1. The van der Waals surface area contributed by atoms with Crippen LogP contribution in [-0.2, 0) is 6.54 Å². The molecule has 0 unspecified atom stereocenters. The molecule has 1 amide bonds. The lowest BCUT2D eigenvalue weighted by Crippen LogP contribution is -2.26. The molecule has 0 saturated heterocycles. The first-order valence-corrected chi connectivity index (χ1v) is 5.56. The van der Waals surface area contributed by atoms with Gasteiger partial charge in [-0.3, -0.25) is 4.79 Å². The number of carbonyl (C=O) groups is 1. The number of hydrogen-bond donors (Lipinski definition) is 1. The number of anilines is 1. The molecule has 92 valence electrons. The van der Waals surface area contributed by atoms with Crippen LogP contribution in [0, 0.1) is 0 Å². The second kappa shape index (κ2) is 5.37. The average Bonchev–Trinajstić information content (AvgIpc) is 2.47. The molecule has 2 N–H and O–H groups in total. The lowest BCUT2D eigenvalue weighted by Gasteiger charge is -2.17. The van der Waals surface area contributed by atoms with E-state index in [9.17, 15) is 4.79 Å². The first-order valence-electron chi connectivity index (χ1n) is 5.56. The number of carbonyl (C=O) groups excluding carboxylic acids is 1. The number of nitrogens with two attached hydrogens (primary N) is 1. The summed E-state index contributed by atoms with van der Waals surface area (Å²) in [4.78, 5) is 13.7. The van der Waals surface area contributed by atoms with E-state index in [4.69, 9.17) is 5.73 Å². The monoisotopic (exact) mass is 242 g/mol. The van der Waals surface area contributed by atoms with Crippen LogP contribution >= 0.6 is 0 Å². The molecule has 5 heteroatoms. The Balaban J connectivity index is 2.20. The summed E-state index contributed by atoms with van der Waals surface area (Å²) in [6, 6.07) is 9.19. The van der Waals surface area contributed by atoms with Crippen molar-refractivity contribution in [1.82, 2.24) is 10.2 Å². The molecule has 2 rings (SSSR count). The van der Waals surface area contributed by atoms with E-state index in [2.05, 4.69) is 10.2 Å². The first kappa shape index (κ1) is 12.2. The number of amides is 1. The summed E-state index contributed by atoms with van der Waals surface area (Å²) in [6.45, 7) is 0.492. The van der Waals surface area contributed by atoms with Gasteiger partial charge in [-0.05, 0) is 23.8 Å². The van der Waals surface area contributed by atoms with Crippen molar-refractivity contribution in [2.24, 2.45) is 5.73 Å². The van der Waals surface area contributed by atoms with Gasteiger partial charge >= 0.3 is 0 Å². The fraction of sp³-hybridized carbons (Fsp3) is 0.154. The van der Waals surface area contributed by atoms with E-state index in [1.165, 1.54) is 12.4 Å². The van der Waals surface area contributed by atoms with Gasteiger partial charge in [-0.2, -0.15) is 10.2 Å². The van der Waals surface area contributed by atoms with E-state index in [1.54, 1.807) is 18.0 Å². The maximum Gasteiger partial charge on any atom is 0.259 e. The fourth-order valence-electron chi connectivity index (χ4n) is 1.58. The van der Waals surface area contributed by atoms with Gasteiger partial charge in [0.25, 0.3) is 5.91 Å². The Kier molecular flexibility index (Phi) is 3.64. The molecule has 0 aliphatic heterocycles. The van der Waals surface area contributed by atoms with Crippen LogP contribution in [0.3, 0.4) is 0 Å². The summed E-state index contributed by atoms with van der Waals surface area (Å²) in [6.07, 6.45) is 2.95. The Morgan fingerprint density at radius 1 is 1.22 bits per heavy atom. The molecule has 1 aromatic carbocycles. The minimum Gasteiger partial charge on any atom is -0.326 e. The third kappa shape index (κ3) is 2.52.